The smallest absolute Gasteiger partial charge is 0.267 e. The lowest BCUT2D eigenvalue weighted by Crippen LogP contribution is -2.11. The molecule has 3 N–H and O–H groups in total. The van der Waals surface area contributed by atoms with Crippen LogP contribution in [-0.2, 0) is 0 Å². The summed E-state index contributed by atoms with van der Waals surface area (Å²) in [6.07, 6.45) is 0. The first-order valence-corrected chi connectivity index (χ1v) is 6.34. The van der Waals surface area contributed by atoms with Crippen LogP contribution in [0.3, 0.4) is 0 Å². The van der Waals surface area contributed by atoms with Gasteiger partial charge in [0.15, 0.2) is 0 Å². The molecule has 2 aromatic rings. The molecule has 18 heavy (non-hydrogen) atoms. The van der Waals surface area contributed by atoms with Crippen molar-refractivity contribution in [2.24, 2.45) is 0 Å². The van der Waals surface area contributed by atoms with Gasteiger partial charge in [0, 0.05) is 5.69 Å². The van der Waals surface area contributed by atoms with Crippen LogP contribution in [0, 0.1) is 12.7 Å². The number of carbonyl (C=O) groups is 1. The van der Waals surface area contributed by atoms with Gasteiger partial charge >= 0.3 is 0 Å². The molecule has 0 bridgehead atoms. The highest BCUT2D eigenvalue weighted by molar-refractivity contribution is 7.13. The Labute approximate surface area is 112 Å². The Morgan fingerprint density at radius 2 is 2.22 bits per heavy atom. The maximum Gasteiger partial charge on any atom is 0.267 e. The van der Waals surface area contributed by atoms with E-state index in [-0.39, 0.29) is 11.6 Å². The summed E-state index contributed by atoms with van der Waals surface area (Å²) in [7, 11) is 0. The van der Waals surface area contributed by atoms with Gasteiger partial charge in [0.25, 0.3) is 5.91 Å². The molecule has 0 spiro atoms. The molecular formula is C12H10ClFN2OS. The monoisotopic (exact) mass is 284 g/mol. The van der Waals surface area contributed by atoms with Gasteiger partial charge in [-0.3, -0.25) is 4.79 Å². The van der Waals surface area contributed by atoms with Crippen molar-refractivity contribution >= 4 is 40.2 Å². The lowest BCUT2D eigenvalue weighted by Gasteiger charge is -2.05. The van der Waals surface area contributed by atoms with Crippen LogP contribution in [-0.4, -0.2) is 5.91 Å². The molecule has 2 rings (SSSR count). The number of halogens is 2. The van der Waals surface area contributed by atoms with E-state index >= 15 is 0 Å². The van der Waals surface area contributed by atoms with E-state index in [2.05, 4.69) is 5.32 Å². The fraction of sp³-hybridized carbons (Fsp3) is 0.0833. The Morgan fingerprint density at radius 1 is 1.50 bits per heavy atom. The van der Waals surface area contributed by atoms with Gasteiger partial charge in [0.2, 0.25) is 0 Å². The second-order valence-electron chi connectivity index (χ2n) is 3.75. The molecule has 6 heteroatoms. The number of nitrogens with one attached hydrogen (secondary N) is 1. The third-order valence-corrected chi connectivity index (χ3v) is 4.05. The van der Waals surface area contributed by atoms with Crippen molar-refractivity contribution in [2.75, 3.05) is 11.1 Å². The van der Waals surface area contributed by atoms with Gasteiger partial charge in [-0.05, 0) is 36.1 Å². The second kappa shape index (κ2) is 4.96. The maximum atomic E-state index is 13.0. The number of amides is 1. The minimum atomic E-state index is -0.516. The van der Waals surface area contributed by atoms with Crippen LogP contribution in [0.25, 0.3) is 0 Å². The Morgan fingerprint density at radius 3 is 2.78 bits per heavy atom. The van der Waals surface area contributed by atoms with Gasteiger partial charge in [-0.1, -0.05) is 11.6 Å². The standard InChI is InChI=1S/C12H10ClFN2OS/c1-6-5-18-11(10(6)13)12(17)16-7-2-3-8(14)9(15)4-7/h2-5H,15H2,1H3,(H,16,17). The van der Waals surface area contributed by atoms with E-state index < -0.39 is 5.82 Å². The van der Waals surface area contributed by atoms with Crippen molar-refractivity contribution < 1.29 is 9.18 Å². The summed E-state index contributed by atoms with van der Waals surface area (Å²) in [5.41, 5.74) is 6.69. The van der Waals surface area contributed by atoms with Crippen LogP contribution in [0.4, 0.5) is 15.8 Å². The van der Waals surface area contributed by atoms with Gasteiger partial charge in [-0.2, -0.15) is 0 Å². The van der Waals surface area contributed by atoms with E-state index in [9.17, 15) is 9.18 Å². The number of hydrogen-bond donors (Lipinski definition) is 2. The van der Waals surface area contributed by atoms with Crippen molar-refractivity contribution in [3.05, 3.63) is 44.9 Å². The number of benzene rings is 1. The molecule has 0 radical (unpaired) electrons. The van der Waals surface area contributed by atoms with Crippen molar-refractivity contribution in [1.29, 1.82) is 0 Å². The lowest BCUT2D eigenvalue weighted by atomic mass is 10.2. The molecule has 0 fully saturated rings. The van der Waals surface area contributed by atoms with E-state index in [0.717, 1.165) is 5.56 Å². The second-order valence-corrected chi connectivity index (χ2v) is 5.01. The zero-order chi connectivity index (χ0) is 13.3. The molecule has 0 aliphatic carbocycles. The van der Waals surface area contributed by atoms with Crippen molar-refractivity contribution in [1.82, 2.24) is 0 Å². The molecule has 0 saturated heterocycles. The van der Waals surface area contributed by atoms with Crippen LogP contribution in [0.5, 0.6) is 0 Å². The van der Waals surface area contributed by atoms with E-state index in [1.807, 2.05) is 6.92 Å². The number of aryl methyl sites for hydroxylation is 1. The van der Waals surface area contributed by atoms with E-state index in [1.165, 1.54) is 29.5 Å². The average molecular weight is 285 g/mol. The van der Waals surface area contributed by atoms with E-state index in [4.69, 9.17) is 17.3 Å². The van der Waals surface area contributed by atoms with Gasteiger partial charge in [0.1, 0.15) is 10.7 Å². The fourth-order valence-electron chi connectivity index (χ4n) is 1.39. The quantitative estimate of drug-likeness (QED) is 0.827. The summed E-state index contributed by atoms with van der Waals surface area (Å²) >= 11 is 7.25. The molecular weight excluding hydrogens is 275 g/mol. The van der Waals surface area contributed by atoms with E-state index in [1.54, 1.807) is 5.38 Å². The zero-order valence-corrected chi connectivity index (χ0v) is 11.0. The summed E-state index contributed by atoms with van der Waals surface area (Å²) in [5, 5.41) is 4.86. The van der Waals surface area contributed by atoms with Gasteiger partial charge in [-0.25, -0.2) is 4.39 Å². The number of carbonyl (C=O) groups excluding carboxylic acids is 1. The molecule has 0 unspecified atom stereocenters. The number of nitrogen functional groups attached to an aromatic ring is 1. The van der Waals surface area contributed by atoms with Crippen molar-refractivity contribution in [3.8, 4) is 0 Å². The van der Waals surface area contributed by atoms with Gasteiger partial charge in [-0.15, -0.1) is 11.3 Å². The van der Waals surface area contributed by atoms with Crippen LogP contribution in [0.15, 0.2) is 23.6 Å². The molecule has 0 aliphatic rings. The normalized spacial score (nSPS) is 10.4. The van der Waals surface area contributed by atoms with Crippen molar-refractivity contribution in [3.63, 3.8) is 0 Å². The van der Waals surface area contributed by atoms with E-state index in [0.29, 0.717) is 15.6 Å². The number of anilines is 2. The number of hydrogen-bond acceptors (Lipinski definition) is 3. The topological polar surface area (TPSA) is 55.1 Å². The highest BCUT2D eigenvalue weighted by atomic mass is 35.5. The first-order valence-electron chi connectivity index (χ1n) is 5.09. The Kier molecular flexibility index (Phi) is 3.54. The molecule has 1 aromatic heterocycles. The number of nitrogens with two attached hydrogens (primary N) is 1. The summed E-state index contributed by atoms with van der Waals surface area (Å²) < 4.78 is 13.0. The lowest BCUT2D eigenvalue weighted by molar-refractivity contribution is 0.103. The molecule has 1 heterocycles. The third-order valence-electron chi connectivity index (χ3n) is 2.36. The molecule has 1 amide bonds. The largest absolute Gasteiger partial charge is 0.396 e. The summed E-state index contributed by atoms with van der Waals surface area (Å²) in [6, 6.07) is 4.01. The Bertz CT molecular complexity index is 612. The van der Waals surface area contributed by atoms with Gasteiger partial charge in [0.05, 0.1) is 10.7 Å². The molecule has 94 valence electrons. The number of rotatable bonds is 2. The third kappa shape index (κ3) is 2.47. The molecule has 0 saturated carbocycles. The Hall–Kier alpha value is -1.59. The minimum absolute atomic E-state index is 0.0127. The zero-order valence-electron chi connectivity index (χ0n) is 9.46. The first-order chi connectivity index (χ1) is 8.49. The summed E-state index contributed by atoms with van der Waals surface area (Å²) in [4.78, 5) is 12.4. The predicted molar refractivity (Wildman–Crippen MR) is 72.8 cm³/mol. The van der Waals surface area contributed by atoms with Crippen molar-refractivity contribution in [2.45, 2.75) is 6.92 Å². The van der Waals surface area contributed by atoms with Gasteiger partial charge < -0.3 is 11.1 Å². The predicted octanol–water partition coefficient (Wildman–Crippen LogP) is 3.68. The Balaban J connectivity index is 2.21. The molecule has 0 atom stereocenters. The van der Waals surface area contributed by atoms with Crippen LogP contribution in [0.2, 0.25) is 5.02 Å². The highest BCUT2D eigenvalue weighted by Gasteiger charge is 2.15. The fourth-order valence-corrected chi connectivity index (χ4v) is 2.57. The average Bonchev–Trinajstić information content (AvgIpc) is 2.65. The van der Waals surface area contributed by atoms with Crippen LogP contribution >= 0.6 is 22.9 Å². The first kappa shape index (κ1) is 12.9. The number of thiophene rings is 1. The maximum absolute atomic E-state index is 13.0. The SMILES string of the molecule is Cc1csc(C(=O)Nc2ccc(F)c(N)c2)c1Cl. The molecule has 1 aromatic carbocycles. The highest BCUT2D eigenvalue weighted by Crippen LogP contribution is 2.28. The van der Waals surface area contributed by atoms with Crippen LogP contribution < -0.4 is 11.1 Å². The molecule has 0 aliphatic heterocycles. The van der Waals surface area contributed by atoms with Crippen LogP contribution in [0.1, 0.15) is 15.2 Å². The summed E-state index contributed by atoms with van der Waals surface area (Å²) in [5.74, 6) is -0.845. The minimum Gasteiger partial charge on any atom is -0.396 e. The summed E-state index contributed by atoms with van der Waals surface area (Å²) in [6.45, 7) is 1.82. The molecule has 3 nitrogen and oxygen atoms in total.